The number of nitrogens with zero attached hydrogens (tertiary/aromatic N) is 1. The van der Waals surface area contributed by atoms with Crippen LogP contribution in [0, 0.1) is 11.2 Å². The Bertz CT molecular complexity index is 1230. The quantitative estimate of drug-likeness (QED) is 0.638. The lowest BCUT2D eigenvalue weighted by Crippen LogP contribution is -2.66. The first-order chi connectivity index (χ1) is 16.3. The van der Waals surface area contributed by atoms with Gasteiger partial charge in [0.05, 0.1) is 12.7 Å². The average Bonchev–Trinajstić information content (AvgIpc) is 3.02. The van der Waals surface area contributed by atoms with Gasteiger partial charge in [0, 0.05) is 23.4 Å². The van der Waals surface area contributed by atoms with E-state index < -0.39 is 46.1 Å². The van der Waals surface area contributed by atoms with E-state index in [9.17, 15) is 31.9 Å². The molecule has 4 rings (SSSR count). The van der Waals surface area contributed by atoms with Crippen molar-refractivity contribution in [2.45, 2.75) is 38.4 Å². The van der Waals surface area contributed by atoms with Crippen LogP contribution in [0.15, 0.2) is 59.8 Å². The molecule has 0 saturated carbocycles. The second kappa shape index (κ2) is 8.21. The number of alkyl halides is 3. The summed E-state index contributed by atoms with van der Waals surface area (Å²) in [7, 11) is 1.39. The number of allylic oxidation sites excluding steroid dienone is 1. The Morgan fingerprint density at radius 1 is 1.00 bits per heavy atom. The van der Waals surface area contributed by atoms with E-state index in [4.69, 9.17) is 4.74 Å². The first-order valence-corrected chi connectivity index (χ1v) is 10.7. The molecule has 0 bridgehead atoms. The largest absolute Gasteiger partial charge is 0.497 e. The fraction of sp³-hybridized carbons (Fsp3) is 0.320. The summed E-state index contributed by atoms with van der Waals surface area (Å²) in [6.45, 7) is 3.40. The van der Waals surface area contributed by atoms with E-state index in [1.165, 1.54) is 31.4 Å². The Kier molecular flexibility index (Phi) is 5.73. The molecule has 35 heavy (non-hydrogen) atoms. The van der Waals surface area contributed by atoms with Crippen LogP contribution in [-0.2, 0) is 9.59 Å². The molecule has 0 spiro atoms. The van der Waals surface area contributed by atoms with Crippen LogP contribution in [0.1, 0.15) is 37.0 Å². The van der Waals surface area contributed by atoms with Crippen LogP contribution in [0.3, 0.4) is 0 Å². The molecule has 2 aromatic carbocycles. The van der Waals surface area contributed by atoms with Gasteiger partial charge in [-0.25, -0.2) is 4.39 Å². The number of Topliss-reactive ketones (excluding diaryl/α,β-unsaturated/α-hetero) is 1. The number of methoxy groups -OCH3 is 1. The third-order valence-electron chi connectivity index (χ3n) is 6.18. The third kappa shape index (κ3) is 3.96. The van der Waals surface area contributed by atoms with Gasteiger partial charge in [-0.15, -0.1) is 0 Å². The smallest absolute Gasteiger partial charge is 0.425 e. The van der Waals surface area contributed by atoms with E-state index in [0.717, 1.165) is 29.2 Å². The minimum atomic E-state index is -5.35. The number of anilines is 1. The summed E-state index contributed by atoms with van der Waals surface area (Å²) in [5.74, 6) is -3.90. The molecule has 2 aliphatic rings. The molecule has 1 heterocycles. The highest BCUT2D eigenvalue weighted by Gasteiger charge is 2.72. The van der Waals surface area contributed by atoms with E-state index in [0.29, 0.717) is 5.75 Å². The highest BCUT2D eigenvalue weighted by atomic mass is 19.4. The molecule has 0 fully saturated rings. The number of carbonyl (C=O) groups excluding carboxylic acids is 3. The summed E-state index contributed by atoms with van der Waals surface area (Å²) in [6, 6.07) is 9.57. The number of hydrogen-bond acceptors (Lipinski definition) is 4. The molecule has 1 aliphatic carbocycles. The van der Waals surface area contributed by atoms with Crippen LogP contribution in [0.5, 0.6) is 5.75 Å². The minimum Gasteiger partial charge on any atom is -0.497 e. The summed E-state index contributed by atoms with van der Waals surface area (Å²) in [5.41, 5.74) is -5.50. The van der Waals surface area contributed by atoms with Crippen molar-refractivity contribution in [1.29, 1.82) is 0 Å². The van der Waals surface area contributed by atoms with E-state index in [-0.39, 0.29) is 29.8 Å². The van der Waals surface area contributed by atoms with Gasteiger partial charge in [-0.3, -0.25) is 19.3 Å². The van der Waals surface area contributed by atoms with Gasteiger partial charge in [0.25, 0.3) is 11.8 Å². The van der Waals surface area contributed by atoms with Crippen LogP contribution in [0.4, 0.5) is 23.2 Å². The molecular weight excluding hydrogens is 468 g/mol. The lowest BCUT2D eigenvalue weighted by atomic mass is 9.72. The molecule has 6 nitrogen and oxygen atoms in total. The van der Waals surface area contributed by atoms with Crippen molar-refractivity contribution >= 4 is 23.3 Å². The summed E-state index contributed by atoms with van der Waals surface area (Å²) >= 11 is 0. The Hall–Kier alpha value is -3.69. The molecule has 0 saturated heterocycles. The molecule has 2 aromatic rings. The fourth-order valence-corrected chi connectivity index (χ4v) is 4.60. The van der Waals surface area contributed by atoms with Gasteiger partial charge in [-0.1, -0.05) is 13.8 Å². The molecule has 2 amide bonds. The van der Waals surface area contributed by atoms with Crippen molar-refractivity contribution in [3.8, 4) is 5.75 Å². The lowest BCUT2D eigenvalue weighted by Gasteiger charge is -2.35. The van der Waals surface area contributed by atoms with Gasteiger partial charge < -0.3 is 10.1 Å². The molecular formula is C25H22F4N2O4. The van der Waals surface area contributed by atoms with Crippen molar-refractivity contribution in [3.05, 3.63) is 71.2 Å². The highest BCUT2D eigenvalue weighted by molar-refractivity contribution is 6.21. The normalized spacial score (nSPS) is 21.7. The van der Waals surface area contributed by atoms with Crippen LogP contribution < -0.4 is 15.0 Å². The van der Waals surface area contributed by atoms with Crippen molar-refractivity contribution in [3.63, 3.8) is 0 Å². The maximum atomic E-state index is 14.8. The summed E-state index contributed by atoms with van der Waals surface area (Å²) in [5, 5.41) is 1.86. The highest BCUT2D eigenvalue weighted by Crippen LogP contribution is 2.52. The standard InChI is InChI=1S/C25H22F4N2O4/c1-23(2)12-18-20(19(32)13-23)24(25(27,28)29,22(34)31(18)16-8-6-15(26)7-9-16)30-21(33)14-4-10-17(35-3)11-5-14/h4-11H,12-13H2,1-3H3,(H,30,33). The zero-order chi connectivity index (χ0) is 25.8. The Labute approximate surface area is 198 Å². The molecule has 0 radical (unpaired) electrons. The zero-order valence-corrected chi connectivity index (χ0v) is 19.1. The average molecular weight is 490 g/mol. The molecule has 10 heteroatoms. The van der Waals surface area contributed by atoms with Crippen LogP contribution in [0.25, 0.3) is 0 Å². The summed E-state index contributed by atoms with van der Waals surface area (Å²) in [4.78, 5) is 40.6. The predicted octanol–water partition coefficient (Wildman–Crippen LogP) is 4.56. The number of benzene rings is 2. The maximum Gasteiger partial charge on any atom is 0.425 e. The van der Waals surface area contributed by atoms with E-state index >= 15 is 0 Å². The molecule has 1 atom stereocenters. The van der Waals surface area contributed by atoms with E-state index in [1.54, 1.807) is 13.8 Å². The summed E-state index contributed by atoms with van der Waals surface area (Å²) in [6.07, 6.45) is -5.63. The Morgan fingerprint density at radius 2 is 1.60 bits per heavy atom. The second-order valence-corrected chi connectivity index (χ2v) is 9.31. The number of carbonyl (C=O) groups is 3. The molecule has 1 N–H and O–H groups in total. The van der Waals surface area contributed by atoms with Gasteiger partial charge in [0.15, 0.2) is 5.78 Å². The molecule has 184 valence electrons. The maximum absolute atomic E-state index is 14.8. The first kappa shape index (κ1) is 24.4. The zero-order valence-electron chi connectivity index (χ0n) is 19.1. The SMILES string of the molecule is COc1ccc(C(=O)NC2(C(F)(F)F)C(=O)N(c3ccc(F)cc3)C3=C2C(=O)CC(C)(C)C3)cc1. The topological polar surface area (TPSA) is 75.7 Å². The van der Waals surface area contributed by atoms with Crippen molar-refractivity contribution in [2.75, 3.05) is 12.0 Å². The van der Waals surface area contributed by atoms with Crippen LogP contribution in [0.2, 0.25) is 0 Å². The number of halogens is 4. The van der Waals surface area contributed by atoms with Crippen molar-refractivity contribution in [2.24, 2.45) is 5.41 Å². The van der Waals surface area contributed by atoms with Gasteiger partial charge in [0.2, 0.25) is 5.54 Å². The third-order valence-corrected chi connectivity index (χ3v) is 6.18. The van der Waals surface area contributed by atoms with Gasteiger partial charge in [-0.2, -0.15) is 13.2 Å². The van der Waals surface area contributed by atoms with Crippen molar-refractivity contribution in [1.82, 2.24) is 5.32 Å². The predicted molar refractivity (Wildman–Crippen MR) is 118 cm³/mol. The van der Waals surface area contributed by atoms with Gasteiger partial charge in [0.1, 0.15) is 11.6 Å². The second-order valence-electron chi connectivity index (χ2n) is 9.31. The Morgan fingerprint density at radius 3 is 2.14 bits per heavy atom. The molecule has 1 aliphatic heterocycles. The summed E-state index contributed by atoms with van der Waals surface area (Å²) < 4.78 is 63.0. The van der Waals surface area contributed by atoms with Crippen LogP contribution in [-0.4, -0.2) is 36.4 Å². The number of ketones is 1. The van der Waals surface area contributed by atoms with Crippen molar-refractivity contribution < 1.29 is 36.7 Å². The molecule has 0 aromatic heterocycles. The van der Waals surface area contributed by atoms with E-state index in [1.807, 2.05) is 5.32 Å². The van der Waals surface area contributed by atoms with E-state index in [2.05, 4.69) is 0 Å². The first-order valence-electron chi connectivity index (χ1n) is 10.7. The number of rotatable bonds is 4. The number of hydrogen-bond donors (Lipinski definition) is 1. The minimum absolute atomic E-state index is 0.0343. The Balaban J connectivity index is 1.90. The molecule has 1 unspecified atom stereocenters. The number of ether oxygens (including phenoxy) is 1. The monoisotopic (exact) mass is 490 g/mol. The number of amides is 2. The van der Waals surface area contributed by atoms with Gasteiger partial charge in [-0.05, 0) is 60.4 Å². The lowest BCUT2D eigenvalue weighted by molar-refractivity contribution is -0.186. The van der Waals surface area contributed by atoms with Gasteiger partial charge >= 0.3 is 6.18 Å². The van der Waals surface area contributed by atoms with Crippen LogP contribution >= 0.6 is 0 Å². The number of nitrogens with one attached hydrogen (secondary N) is 1. The fourth-order valence-electron chi connectivity index (χ4n) is 4.60.